The third-order valence-electron chi connectivity index (χ3n) is 4.62. The van der Waals surface area contributed by atoms with Gasteiger partial charge >= 0.3 is 12.0 Å². The number of ether oxygens (including phenoxy) is 1. The first kappa shape index (κ1) is 21.5. The summed E-state index contributed by atoms with van der Waals surface area (Å²) in [5.74, 6) is -0.216. The van der Waals surface area contributed by atoms with E-state index in [9.17, 15) is 14.9 Å². The van der Waals surface area contributed by atoms with Gasteiger partial charge in [-0.3, -0.25) is 10.1 Å². The van der Waals surface area contributed by atoms with E-state index in [1.54, 1.807) is 17.8 Å². The molecule has 2 aromatic heterocycles. The van der Waals surface area contributed by atoms with E-state index in [1.807, 2.05) is 54.6 Å². The molecule has 0 aliphatic carbocycles. The van der Waals surface area contributed by atoms with E-state index in [0.717, 1.165) is 16.8 Å². The molecule has 4 rings (SSSR count). The van der Waals surface area contributed by atoms with Gasteiger partial charge in [0.2, 0.25) is 0 Å². The number of hydrogen-bond donors (Lipinski definition) is 1. The number of benzene rings is 2. The molecule has 1 N–H and O–H groups in total. The normalized spacial score (nSPS) is 10.9. The van der Waals surface area contributed by atoms with Crippen molar-refractivity contribution in [1.29, 1.82) is 0 Å². The number of nitrogens with one attached hydrogen (secondary N) is 1. The van der Waals surface area contributed by atoms with E-state index in [0.29, 0.717) is 11.3 Å². The van der Waals surface area contributed by atoms with Crippen LogP contribution in [0, 0.1) is 10.1 Å². The second-order valence-corrected chi connectivity index (χ2v) is 6.75. The van der Waals surface area contributed by atoms with E-state index < -0.39 is 16.9 Å². The van der Waals surface area contributed by atoms with Crippen molar-refractivity contribution in [3.05, 3.63) is 88.6 Å². The average Bonchev–Trinajstić information content (AvgIpc) is 3.47. The number of amides is 1. The van der Waals surface area contributed by atoms with Gasteiger partial charge in [0.15, 0.2) is 5.76 Å². The number of hydrazone groups is 1. The molecular formula is C23H19N5O5. The minimum atomic E-state index is -0.703. The summed E-state index contributed by atoms with van der Waals surface area (Å²) in [7, 11) is 0. The zero-order chi connectivity index (χ0) is 23.2. The van der Waals surface area contributed by atoms with Gasteiger partial charge in [0.05, 0.1) is 24.6 Å². The number of nitrogens with zero attached hydrogens (tertiary/aromatic N) is 4. The number of aromatic nitrogens is 2. The molecule has 0 bridgehead atoms. The maximum atomic E-state index is 11.5. The van der Waals surface area contributed by atoms with E-state index in [-0.39, 0.29) is 12.4 Å². The number of carbonyl (C=O) groups excluding carboxylic acids is 1. The molecule has 0 atom stereocenters. The van der Waals surface area contributed by atoms with Crippen LogP contribution in [0.2, 0.25) is 0 Å². The molecule has 0 unspecified atom stereocenters. The zero-order valence-electron chi connectivity index (χ0n) is 17.5. The Hall–Kier alpha value is -4.73. The highest BCUT2D eigenvalue weighted by molar-refractivity contribution is 5.88. The quantitative estimate of drug-likeness (QED) is 0.248. The fourth-order valence-electron chi connectivity index (χ4n) is 3.20. The minimum absolute atomic E-state index is 0.190. The summed E-state index contributed by atoms with van der Waals surface area (Å²) in [6, 6.07) is 20.2. The molecule has 1 amide bonds. The Labute approximate surface area is 188 Å². The Bertz CT molecular complexity index is 1310. The van der Waals surface area contributed by atoms with Crippen LogP contribution >= 0.6 is 0 Å². The van der Waals surface area contributed by atoms with Crippen LogP contribution < -0.4 is 5.43 Å². The van der Waals surface area contributed by atoms with Crippen LogP contribution in [0.1, 0.15) is 12.5 Å². The third-order valence-corrected chi connectivity index (χ3v) is 4.62. The SMILES string of the molecule is CCOC(=O)NN=Cc1cn(-c2ccccc2-c2ccccc2)nc1-c1ccc([N+](=O)[O-])o1. The first-order chi connectivity index (χ1) is 16.1. The molecule has 166 valence electrons. The lowest BCUT2D eigenvalue weighted by Gasteiger charge is -2.09. The zero-order valence-corrected chi connectivity index (χ0v) is 17.5. The average molecular weight is 445 g/mol. The van der Waals surface area contributed by atoms with Crippen molar-refractivity contribution < 1.29 is 18.9 Å². The van der Waals surface area contributed by atoms with Gasteiger partial charge in [0.1, 0.15) is 10.6 Å². The molecule has 4 aromatic rings. The predicted molar refractivity (Wildman–Crippen MR) is 121 cm³/mol. The lowest BCUT2D eigenvalue weighted by Crippen LogP contribution is -2.18. The molecular weight excluding hydrogens is 426 g/mol. The summed E-state index contributed by atoms with van der Waals surface area (Å²) in [5, 5.41) is 19.6. The molecule has 2 aromatic carbocycles. The summed E-state index contributed by atoms with van der Waals surface area (Å²) in [6.45, 7) is 1.89. The maximum absolute atomic E-state index is 11.5. The summed E-state index contributed by atoms with van der Waals surface area (Å²) in [4.78, 5) is 22.0. The molecule has 2 heterocycles. The second-order valence-electron chi connectivity index (χ2n) is 6.75. The summed E-state index contributed by atoms with van der Waals surface area (Å²) >= 11 is 0. The number of carbonyl (C=O) groups is 1. The molecule has 0 radical (unpaired) electrons. The fourth-order valence-corrected chi connectivity index (χ4v) is 3.20. The van der Waals surface area contributed by atoms with Gasteiger partial charge < -0.3 is 9.15 Å². The van der Waals surface area contributed by atoms with Crippen molar-refractivity contribution >= 4 is 18.2 Å². The van der Waals surface area contributed by atoms with Crippen LogP contribution in [0.25, 0.3) is 28.3 Å². The van der Waals surface area contributed by atoms with Crippen LogP contribution in [0.4, 0.5) is 10.7 Å². The fraction of sp³-hybridized carbons (Fsp3) is 0.0870. The van der Waals surface area contributed by atoms with E-state index in [1.165, 1.54) is 18.3 Å². The molecule has 0 saturated heterocycles. The predicted octanol–water partition coefficient (Wildman–Crippen LogP) is 4.79. The smallest absolute Gasteiger partial charge is 0.433 e. The van der Waals surface area contributed by atoms with Crippen LogP contribution in [-0.2, 0) is 4.74 Å². The highest BCUT2D eigenvalue weighted by Gasteiger charge is 2.20. The highest BCUT2D eigenvalue weighted by atomic mass is 16.6. The van der Waals surface area contributed by atoms with Crippen LogP contribution in [0.3, 0.4) is 0 Å². The molecule has 10 nitrogen and oxygen atoms in total. The molecule has 0 aliphatic rings. The van der Waals surface area contributed by atoms with Gasteiger partial charge in [-0.15, -0.1) is 0 Å². The number of para-hydroxylation sites is 1. The Kier molecular flexibility index (Phi) is 6.26. The minimum Gasteiger partial charge on any atom is -0.449 e. The number of furan rings is 1. The second kappa shape index (κ2) is 9.60. The number of rotatable bonds is 7. The topological polar surface area (TPSA) is 125 Å². The lowest BCUT2D eigenvalue weighted by molar-refractivity contribution is -0.401. The monoisotopic (exact) mass is 445 g/mol. The third kappa shape index (κ3) is 4.79. The van der Waals surface area contributed by atoms with Crippen molar-refractivity contribution in [2.45, 2.75) is 6.92 Å². The molecule has 0 aliphatic heterocycles. The van der Waals surface area contributed by atoms with E-state index in [2.05, 4.69) is 15.6 Å². The summed E-state index contributed by atoms with van der Waals surface area (Å²) in [6.07, 6.45) is 2.36. The van der Waals surface area contributed by atoms with Crippen molar-refractivity contribution in [2.24, 2.45) is 5.10 Å². The van der Waals surface area contributed by atoms with Crippen LogP contribution in [0.5, 0.6) is 0 Å². The Morgan fingerprint density at radius 2 is 1.94 bits per heavy atom. The van der Waals surface area contributed by atoms with Crippen LogP contribution in [0.15, 0.2) is 82.4 Å². The Morgan fingerprint density at radius 3 is 2.67 bits per heavy atom. The summed E-state index contributed by atoms with van der Waals surface area (Å²) in [5.41, 5.74) is 5.76. The van der Waals surface area contributed by atoms with E-state index >= 15 is 0 Å². The van der Waals surface area contributed by atoms with Gasteiger partial charge in [0, 0.05) is 17.3 Å². The Morgan fingerprint density at radius 1 is 1.18 bits per heavy atom. The molecule has 0 fully saturated rings. The molecule has 33 heavy (non-hydrogen) atoms. The standard InChI is InChI=1S/C23H19N5O5/c1-2-32-23(29)25-24-14-17-15-27(26-22(17)20-12-13-21(33-20)28(30)31)19-11-7-6-10-18(19)16-8-4-3-5-9-16/h3-15H,2H2,1H3,(H,25,29). The van der Waals surface area contributed by atoms with Crippen molar-refractivity contribution in [2.75, 3.05) is 6.61 Å². The van der Waals surface area contributed by atoms with E-state index in [4.69, 9.17) is 9.15 Å². The molecule has 10 heteroatoms. The molecule has 0 saturated carbocycles. The van der Waals surface area contributed by atoms with Crippen LogP contribution in [-0.4, -0.2) is 33.6 Å². The Balaban J connectivity index is 1.78. The summed E-state index contributed by atoms with van der Waals surface area (Å²) < 4.78 is 11.8. The largest absolute Gasteiger partial charge is 0.449 e. The van der Waals surface area contributed by atoms with Crippen molar-refractivity contribution in [3.8, 4) is 28.3 Å². The van der Waals surface area contributed by atoms with Gasteiger partial charge in [-0.2, -0.15) is 10.2 Å². The van der Waals surface area contributed by atoms with Gasteiger partial charge in [-0.1, -0.05) is 48.5 Å². The van der Waals surface area contributed by atoms with Crippen molar-refractivity contribution in [1.82, 2.24) is 15.2 Å². The van der Waals surface area contributed by atoms with Crippen molar-refractivity contribution in [3.63, 3.8) is 0 Å². The maximum Gasteiger partial charge on any atom is 0.433 e. The van der Waals surface area contributed by atoms with Gasteiger partial charge in [-0.25, -0.2) is 14.9 Å². The van der Waals surface area contributed by atoms with Gasteiger partial charge in [-0.05, 0) is 24.6 Å². The van der Waals surface area contributed by atoms with Gasteiger partial charge in [0.25, 0.3) is 0 Å². The first-order valence-corrected chi connectivity index (χ1v) is 10.0. The number of hydrogen-bond acceptors (Lipinski definition) is 7. The first-order valence-electron chi connectivity index (χ1n) is 10.0. The highest BCUT2D eigenvalue weighted by Crippen LogP contribution is 2.31. The lowest BCUT2D eigenvalue weighted by atomic mass is 10.0. The molecule has 0 spiro atoms. The number of nitro groups is 1.